The van der Waals surface area contributed by atoms with Crippen LogP contribution < -0.4 is 21.3 Å². The van der Waals surface area contributed by atoms with Crippen LogP contribution in [0.1, 0.15) is 46.3 Å². The largest absolute Gasteiger partial charge is 0.397 e. The van der Waals surface area contributed by atoms with E-state index in [4.69, 9.17) is 5.73 Å². The van der Waals surface area contributed by atoms with Crippen LogP contribution in [0.2, 0.25) is 0 Å². The molecule has 5 rings (SSSR count). The van der Waals surface area contributed by atoms with Gasteiger partial charge in [0.05, 0.1) is 5.69 Å². The standard InChI is InChI=1S/C25H31N5OS/c1-3-18-14-30(11-10-27-18)20-8-6-16-12-19(7-5-17(16)13-20)29-24(31)23-22(26)21-9-4-15(2)28-25(21)32-23/h4,6,8-9,13,18-19,27H,3,5,7,10-12,14,26H2,1-2H3,(H,29,31)/t18-,19-/m0/s1. The molecule has 1 fully saturated rings. The van der Waals surface area contributed by atoms with Crippen molar-refractivity contribution in [3.05, 3.63) is 52.0 Å². The van der Waals surface area contributed by atoms with E-state index < -0.39 is 0 Å². The first-order valence-electron chi connectivity index (χ1n) is 11.6. The number of aromatic nitrogens is 1. The van der Waals surface area contributed by atoms with Gasteiger partial charge in [0.25, 0.3) is 5.91 Å². The zero-order chi connectivity index (χ0) is 22.2. The van der Waals surface area contributed by atoms with Crippen molar-refractivity contribution >= 4 is 38.8 Å². The highest BCUT2D eigenvalue weighted by atomic mass is 32.1. The maximum absolute atomic E-state index is 13.0. The Bertz CT molecular complexity index is 1160. The van der Waals surface area contributed by atoms with Crippen molar-refractivity contribution < 1.29 is 4.79 Å². The molecule has 1 amide bonds. The molecule has 6 nitrogen and oxygen atoms in total. The molecule has 2 aliphatic rings. The Morgan fingerprint density at radius 2 is 2.19 bits per heavy atom. The van der Waals surface area contributed by atoms with Crippen LogP contribution in [-0.2, 0) is 12.8 Å². The molecule has 32 heavy (non-hydrogen) atoms. The highest BCUT2D eigenvalue weighted by Crippen LogP contribution is 2.33. The lowest BCUT2D eigenvalue weighted by Crippen LogP contribution is -2.50. The van der Waals surface area contributed by atoms with Gasteiger partial charge >= 0.3 is 0 Å². The number of fused-ring (bicyclic) bond motifs is 2. The number of anilines is 2. The van der Waals surface area contributed by atoms with E-state index in [1.165, 1.54) is 28.2 Å². The Kier molecular flexibility index (Phi) is 5.78. The second-order valence-electron chi connectivity index (χ2n) is 9.02. The average molecular weight is 450 g/mol. The number of nitrogens with one attached hydrogen (secondary N) is 2. The van der Waals surface area contributed by atoms with Crippen molar-refractivity contribution in [2.75, 3.05) is 30.3 Å². The average Bonchev–Trinajstić information content (AvgIpc) is 3.14. The fourth-order valence-corrected chi connectivity index (χ4v) is 5.95. The van der Waals surface area contributed by atoms with Crippen LogP contribution in [0.4, 0.5) is 11.4 Å². The van der Waals surface area contributed by atoms with Gasteiger partial charge in [-0.2, -0.15) is 0 Å². The molecule has 4 N–H and O–H groups in total. The van der Waals surface area contributed by atoms with E-state index >= 15 is 0 Å². The van der Waals surface area contributed by atoms with Crippen LogP contribution in [0, 0.1) is 6.92 Å². The minimum Gasteiger partial charge on any atom is -0.397 e. The molecule has 2 atom stereocenters. The molecule has 0 spiro atoms. The quantitative estimate of drug-likeness (QED) is 0.566. The molecule has 1 aromatic carbocycles. The van der Waals surface area contributed by atoms with E-state index in [1.54, 1.807) is 0 Å². The van der Waals surface area contributed by atoms with Gasteiger partial charge in [-0.1, -0.05) is 13.0 Å². The summed E-state index contributed by atoms with van der Waals surface area (Å²) in [7, 11) is 0. The van der Waals surface area contributed by atoms with Gasteiger partial charge in [-0.3, -0.25) is 4.79 Å². The Morgan fingerprint density at radius 1 is 1.31 bits per heavy atom. The molecule has 0 radical (unpaired) electrons. The smallest absolute Gasteiger partial charge is 0.263 e. The summed E-state index contributed by atoms with van der Waals surface area (Å²) in [6.07, 6.45) is 3.95. The van der Waals surface area contributed by atoms with Gasteiger partial charge in [0, 0.05) is 48.5 Å². The molecule has 168 valence electrons. The SMILES string of the molecule is CC[C@H]1CN(c2ccc3c(c2)CC[C@H](NC(=O)c2sc4nc(C)ccc4c2N)C3)CCN1. The van der Waals surface area contributed by atoms with E-state index in [1.807, 2.05) is 19.1 Å². The Balaban J connectivity index is 1.28. The molecular weight excluding hydrogens is 418 g/mol. The van der Waals surface area contributed by atoms with Crippen LogP contribution in [0.25, 0.3) is 10.2 Å². The minimum absolute atomic E-state index is 0.0837. The lowest BCUT2D eigenvalue weighted by atomic mass is 9.87. The predicted molar refractivity (Wildman–Crippen MR) is 133 cm³/mol. The second-order valence-corrected chi connectivity index (χ2v) is 10.0. The summed E-state index contributed by atoms with van der Waals surface area (Å²) in [4.78, 5) is 21.4. The number of rotatable bonds is 4. The third-order valence-electron chi connectivity index (χ3n) is 6.81. The Morgan fingerprint density at radius 3 is 3.03 bits per heavy atom. The number of nitrogen functional groups attached to an aromatic ring is 1. The molecule has 3 aromatic rings. The topological polar surface area (TPSA) is 83.3 Å². The number of piperazine rings is 1. The molecule has 0 bridgehead atoms. The van der Waals surface area contributed by atoms with Crippen molar-refractivity contribution in [3.8, 4) is 0 Å². The number of benzene rings is 1. The van der Waals surface area contributed by atoms with Crippen LogP contribution in [-0.4, -0.2) is 42.6 Å². The lowest BCUT2D eigenvalue weighted by Gasteiger charge is -2.36. The number of nitrogens with two attached hydrogens (primary N) is 1. The van der Waals surface area contributed by atoms with Gasteiger partial charge in [-0.25, -0.2) is 4.98 Å². The van der Waals surface area contributed by atoms with E-state index in [2.05, 4.69) is 45.6 Å². The van der Waals surface area contributed by atoms with Crippen LogP contribution in [0.5, 0.6) is 0 Å². The number of carbonyl (C=O) groups is 1. The molecule has 3 heterocycles. The normalized spacial score (nSPS) is 20.9. The maximum atomic E-state index is 13.0. The van der Waals surface area contributed by atoms with Gasteiger partial charge < -0.3 is 21.3 Å². The predicted octanol–water partition coefficient (Wildman–Crippen LogP) is 3.66. The third kappa shape index (κ3) is 4.07. The highest BCUT2D eigenvalue weighted by molar-refractivity contribution is 7.21. The third-order valence-corrected chi connectivity index (χ3v) is 7.92. The van der Waals surface area contributed by atoms with E-state index in [9.17, 15) is 4.79 Å². The van der Waals surface area contributed by atoms with Crippen molar-refractivity contribution in [1.82, 2.24) is 15.6 Å². The second kappa shape index (κ2) is 8.71. The molecule has 1 aliphatic carbocycles. The molecule has 0 unspecified atom stereocenters. The van der Waals surface area contributed by atoms with E-state index in [0.717, 1.165) is 61.2 Å². The molecular formula is C25H31N5OS. The molecule has 0 saturated carbocycles. The number of hydrogen-bond acceptors (Lipinski definition) is 6. The number of thiophene rings is 1. The fraction of sp³-hybridized carbons (Fsp3) is 0.440. The number of hydrogen-bond donors (Lipinski definition) is 3. The van der Waals surface area contributed by atoms with Gasteiger partial charge in [-0.05, 0) is 68.0 Å². The Labute approximate surface area is 193 Å². The van der Waals surface area contributed by atoms with E-state index in [-0.39, 0.29) is 11.9 Å². The summed E-state index contributed by atoms with van der Waals surface area (Å²) in [6.45, 7) is 7.36. The lowest BCUT2D eigenvalue weighted by molar-refractivity contribution is 0.0938. The molecule has 2 aromatic heterocycles. The molecule has 1 aliphatic heterocycles. The number of carbonyl (C=O) groups excluding carboxylic acids is 1. The van der Waals surface area contributed by atoms with Gasteiger partial charge in [0.1, 0.15) is 9.71 Å². The summed E-state index contributed by atoms with van der Waals surface area (Å²) >= 11 is 1.38. The van der Waals surface area contributed by atoms with Gasteiger partial charge in [0.15, 0.2) is 0 Å². The van der Waals surface area contributed by atoms with Gasteiger partial charge in [0.2, 0.25) is 0 Å². The minimum atomic E-state index is -0.0837. The van der Waals surface area contributed by atoms with Crippen molar-refractivity contribution in [1.29, 1.82) is 0 Å². The van der Waals surface area contributed by atoms with Crippen LogP contribution >= 0.6 is 11.3 Å². The summed E-state index contributed by atoms with van der Waals surface area (Å²) in [6, 6.07) is 11.5. The molecule has 1 saturated heterocycles. The Hall–Kier alpha value is -2.64. The fourth-order valence-electron chi connectivity index (χ4n) is 4.90. The van der Waals surface area contributed by atoms with Crippen molar-refractivity contribution in [2.45, 2.75) is 51.6 Å². The number of aryl methyl sites for hydroxylation is 2. The van der Waals surface area contributed by atoms with Crippen molar-refractivity contribution in [3.63, 3.8) is 0 Å². The van der Waals surface area contributed by atoms with Crippen molar-refractivity contribution in [2.24, 2.45) is 0 Å². The van der Waals surface area contributed by atoms with Crippen LogP contribution in [0.15, 0.2) is 30.3 Å². The highest BCUT2D eigenvalue weighted by Gasteiger charge is 2.25. The number of amides is 1. The zero-order valence-corrected chi connectivity index (χ0v) is 19.6. The summed E-state index contributed by atoms with van der Waals surface area (Å²) in [5.74, 6) is -0.0837. The van der Waals surface area contributed by atoms with Gasteiger partial charge in [-0.15, -0.1) is 11.3 Å². The zero-order valence-electron chi connectivity index (χ0n) is 18.8. The summed E-state index contributed by atoms with van der Waals surface area (Å²) in [5.41, 5.74) is 11.8. The summed E-state index contributed by atoms with van der Waals surface area (Å²) < 4.78 is 0. The first-order chi connectivity index (χ1) is 15.5. The summed E-state index contributed by atoms with van der Waals surface area (Å²) in [5, 5.41) is 7.68. The molecule has 7 heteroatoms. The maximum Gasteiger partial charge on any atom is 0.263 e. The van der Waals surface area contributed by atoms with E-state index in [0.29, 0.717) is 16.6 Å². The number of nitrogens with zero attached hydrogens (tertiary/aromatic N) is 2. The first-order valence-corrected chi connectivity index (χ1v) is 12.4. The number of pyridine rings is 1. The monoisotopic (exact) mass is 449 g/mol. The van der Waals surface area contributed by atoms with Crippen LogP contribution in [0.3, 0.4) is 0 Å². The first kappa shape index (κ1) is 21.2.